The lowest BCUT2D eigenvalue weighted by Gasteiger charge is -2.32. The van der Waals surface area contributed by atoms with E-state index in [9.17, 15) is 14.7 Å². The summed E-state index contributed by atoms with van der Waals surface area (Å²) in [5.74, 6) is 5.41. The summed E-state index contributed by atoms with van der Waals surface area (Å²) in [7, 11) is 0. The third-order valence-corrected chi connectivity index (χ3v) is 5.10. The van der Waals surface area contributed by atoms with Gasteiger partial charge >= 0.3 is 0 Å². The smallest absolute Gasteiger partial charge is 0.253 e. The molecule has 0 saturated carbocycles. The molecule has 29 heavy (non-hydrogen) atoms. The summed E-state index contributed by atoms with van der Waals surface area (Å²) in [6.45, 7) is 4.30. The van der Waals surface area contributed by atoms with Crippen molar-refractivity contribution in [2.45, 2.75) is 32.3 Å². The molecule has 5 heteroatoms. The van der Waals surface area contributed by atoms with Gasteiger partial charge < -0.3 is 10.0 Å². The molecule has 1 aliphatic heterocycles. The first kappa shape index (κ1) is 21.1. The van der Waals surface area contributed by atoms with Gasteiger partial charge in [0.25, 0.3) is 5.91 Å². The van der Waals surface area contributed by atoms with E-state index in [0.29, 0.717) is 29.2 Å². The second-order valence-corrected chi connectivity index (χ2v) is 8.28. The van der Waals surface area contributed by atoms with Crippen LogP contribution in [0, 0.1) is 17.8 Å². The molecular formula is C24H24ClNO3. The first-order valence-electron chi connectivity index (χ1n) is 9.67. The lowest BCUT2D eigenvalue weighted by molar-refractivity contribution is 0.0637. The van der Waals surface area contributed by atoms with Crippen LogP contribution >= 0.6 is 11.6 Å². The number of piperidine rings is 1. The molecule has 3 rings (SSSR count). The van der Waals surface area contributed by atoms with Gasteiger partial charge in [-0.1, -0.05) is 23.4 Å². The second kappa shape index (κ2) is 8.82. The van der Waals surface area contributed by atoms with Crippen molar-refractivity contribution in [2.24, 2.45) is 5.92 Å². The van der Waals surface area contributed by atoms with Crippen LogP contribution in [0.15, 0.2) is 48.5 Å². The van der Waals surface area contributed by atoms with Crippen molar-refractivity contribution in [3.63, 3.8) is 0 Å². The zero-order valence-corrected chi connectivity index (χ0v) is 17.4. The van der Waals surface area contributed by atoms with Gasteiger partial charge in [-0.3, -0.25) is 9.59 Å². The Labute approximate surface area is 176 Å². The summed E-state index contributed by atoms with van der Waals surface area (Å²) in [4.78, 5) is 27.4. The molecule has 2 aromatic rings. The number of likely N-dealkylation sites (tertiary alicyclic amines) is 1. The highest BCUT2D eigenvalue weighted by molar-refractivity contribution is 6.30. The van der Waals surface area contributed by atoms with Crippen LogP contribution < -0.4 is 0 Å². The minimum atomic E-state index is -1.06. The number of halogens is 1. The van der Waals surface area contributed by atoms with Crippen LogP contribution in [0.1, 0.15) is 53.0 Å². The highest BCUT2D eigenvalue weighted by atomic mass is 35.5. The molecule has 1 atom stereocenters. The number of benzene rings is 2. The van der Waals surface area contributed by atoms with Crippen molar-refractivity contribution in [1.29, 1.82) is 0 Å². The van der Waals surface area contributed by atoms with Gasteiger partial charge in [0.05, 0.1) is 0 Å². The maximum absolute atomic E-state index is 12.9. The van der Waals surface area contributed by atoms with Gasteiger partial charge in [-0.15, -0.1) is 0 Å². The number of aliphatic hydroxyl groups is 1. The van der Waals surface area contributed by atoms with Gasteiger partial charge in [-0.2, -0.15) is 0 Å². The fourth-order valence-corrected chi connectivity index (χ4v) is 3.46. The van der Waals surface area contributed by atoms with Crippen LogP contribution in [0.3, 0.4) is 0 Å². The third kappa shape index (κ3) is 5.69. The summed E-state index contributed by atoms with van der Waals surface area (Å²) in [6, 6.07) is 13.9. The average molecular weight is 410 g/mol. The van der Waals surface area contributed by atoms with E-state index >= 15 is 0 Å². The number of hydrogen-bond acceptors (Lipinski definition) is 3. The summed E-state index contributed by atoms with van der Waals surface area (Å²) in [5.41, 5.74) is 0.869. The zero-order valence-electron chi connectivity index (χ0n) is 16.6. The van der Waals surface area contributed by atoms with Crippen LogP contribution in [0.5, 0.6) is 0 Å². The number of amides is 1. The molecule has 2 aromatic carbocycles. The predicted molar refractivity (Wildman–Crippen MR) is 114 cm³/mol. The van der Waals surface area contributed by atoms with Crippen molar-refractivity contribution in [1.82, 2.24) is 4.90 Å². The highest BCUT2D eigenvalue weighted by Crippen LogP contribution is 2.23. The third-order valence-electron chi connectivity index (χ3n) is 4.85. The van der Waals surface area contributed by atoms with Gasteiger partial charge in [0.1, 0.15) is 5.60 Å². The first-order valence-corrected chi connectivity index (χ1v) is 10.1. The van der Waals surface area contributed by atoms with Crippen molar-refractivity contribution in [2.75, 3.05) is 13.1 Å². The van der Waals surface area contributed by atoms with E-state index in [1.54, 1.807) is 67.3 Å². The first-order chi connectivity index (χ1) is 13.7. The molecule has 1 amide bonds. The molecule has 0 radical (unpaired) electrons. The zero-order chi connectivity index (χ0) is 21.0. The van der Waals surface area contributed by atoms with Gasteiger partial charge in [-0.05, 0) is 75.2 Å². The Kier molecular flexibility index (Phi) is 6.42. The van der Waals surface area contributed by atoms with E-state index in [4.69, 9.17) is 11.6 Å². The second-order valence-electron chi connectivity index (χ2n) is 7.85. The van der Waals surface area contributed by atoms with Gasteiger partial charge in [0.15, 0.2) is 5.78 Å². The normalized spacial score (nSPS) is 16.7. The lowest BCUT2D eigenvalue weighted by Crippen LogP contribution is -2.42. The quantitative estimate of drug-likeness (QED) is 0.610. The minimum Gasteiger partial charge on any atom is -0.378 e. The topological polar surface area (TPSA) is 57.6 Å². The van der Waals surface area contributed by atoms with Crippen molar-refractivity contribution in [3.05, 3.63) is 70.2 Å². The van der Waals surface area contributed by atoms with Crippen LogP contribution in [0.4, 0.5) is 0 Å². The van der Waals surface area contributed by atoms with E-state index in [-0.39, 0.29) is 17.6 Å². The summed E-state index contributed by atoms with van der Waals surface area (Å²) in [6.07, 6.45) is 1.57. The Bertz CT molecular complexity index is 947. The number of nitrogens with zero attached hydrogens (tertiary/aromatic N) is 1. The molecule has 1 fully saturated rings. The molecule has 4 nitrogen and oxygen atoms in total. The fourth-order valence-electron chi connectivity index (χ4n) is 3.33. The van der Waals surface area contributed by atoms with Crippen LogP contribution in [-0.2, 0) is 0 Å². The summed E-state index contributed by atoms with van der Waals surface area (Å²) in [5, 5.41) is 10.3. The van der Waals surface area contributed by atoms with Crippen molar-refractivity contribution < 1.29 is 14.7 Å². The SMILES string of the molecule is CC(C)(O)C#Cc1ccc(C(=O)N2CCC[C@@H](C(=O)c3ccc(Cl)cc3)C2)cc1. The molecule has 0 spiro atoms. The maximum atomic E-state index is 12.9. The average Bonchev–Trinajstić information content (AvgIpc) is 2.72. The Hall–Kier alpha value is -2.61. The molecule has 0 unspecified atom stereocenters. The van der Waals surface area contributed by atoms with E-state index in [1.165, 1.54) is 0 Å². The molecule has 1 N–H and O–H groups in total. The number of ketones is 1. The highest BCUT2D eigenvalue weighted by Gasteiger charge is 2.29. The number of Topliss-reactive ketones (excluding diaryl/α,β-unsaturated/α-hetero) is 1. The molecule has 0 bridgehead atoms. The van der Waals surface area contributed by atoms with Crippen LogP contribution in [-0.4, -0.2) is 40.4 Å². The van der Waals surface area contributed by atoms with Gasteiger partial charge in [-0.25, -0.2) is 0 Å². The Balaban J connectivity index is 1.68. The van der Waals surface area contributed by atoms with Crippen molar-refractivity contribution >= 4 is 23.3 Å². The van der Waals surface area contributed by atoms with Gasteiger partial charge in [0, 0.05) is 40.7 Å². The fraction of sp³-hybridized carbons (Fsp3) is 0.333. The minimum absolute atomic E-state index is 0.0522. The number of carbonyl (C=O) groups is 2. The molecule has 0 aromatic heterocycles. The van der Waals surface area contributed by atoms with Crippen molar-refractivity contribution in [3.8, 4) is 11.8 Å². The molecular weight excluding hydrogens is 386 g/mol. The Morgan fingerprint density at radius 1 is 1.07 bits per heavy atom. The molecule has 1 saturated heterocycles. The molecule has 1 heterocycles. The number of rotatable bonds is 3. The van der Waals surface area contributed by atoms with E-state index in [0.717, 1.165) is 18.4 Å². The van der Waals surface area contributed by atoms with E-state index in [1.807, 2.05) is 0 Å². The number of hydrogen-bond donors (Lipinski definition) is 1. The van der Waals surface area contributed by atoms with E-state index in [2.05, 4.69) is 11.8 Å². The monoisotopic (exact) mass is 409 g/mol. The molecule has 0 aliphatic carbocycles. The predicted octanol–water partition coefficient (Wildman–Crippen LogP) is 4.20. The van der Waals surface area contributed by atoms with Gasteiger partial charge in [0.2, 0.25) is 0 Å². The van der Waals surface area contributed by atoms with Crippen LogP contribution in [0.2, 0.25) is 5.02 Å². The lowest BCUT2D eigenvalue weighted by atomic mass is 9.89. The Morgan fingerprint density at radius 3 is 2.31 bits per heavy atom. The number of carbonyl (C=O) groups excluding carboxylic acids is 2. The summed E-state index contributed by atoms with van der Waals surface area (Å²) >= 11 is 5.90. The van der Waals surface area contributed by atoms with E-state index < -0.39 is 5.60 Å². The maximum Gasteiger partial charge on any atom is 0.253 e. The van der Waals surface area contributed by atoms with Crippen LogP contribution in [0.25, 0.3) is 0 Å². The Morgan fingerprint density at radius 2 is 1.69 bits per heavy atom. The summed E-state index contributed by atoms with van der Waals surface area (Å²) < 4.78 is 0. The molecule has 1 aliphatic rings. The standard InChI is InChI=1S/C24H24ClNO3/c1-24(2,29)14-13-17-5-7-19(8-6-17)23(28)26-15-3-4-20(16-26)22(27)18-9-11-21(25)12-10-18/h5-12,20,29H,3-4,15-16H2,1-2H3/t20-/m1/s1. The largest absolute Gasteiger partial charge is 0.378 e. The molecule has 150 valence electrons.